The first-order chi connectivity index (χ1) is 55.7. The molecule has 6 nitrogen and oxygen atoms in total. The summed E-state index contributed by atoms with van der Waals surface area (Å²) in [4.78, 5) is 5.31. The van der Waals surface area contributed by atoms with Crippen LogP contribution in [0.3, 0.4) is 0 Å². The van der Waals surface area contributed by atoms with Crippen molar-refractivity contribution in [1.29, 1.82) is 0 Å². The zero-order valence-electron chi connectivity index (χ0n) is 62.7. The van der Waals surface area contributed by atoms with E-state index in [2.05, 4.69) is 437 Å². The first-order valence-corrected chi connectivity index (χ1v) is 39.3. The summed E-state index contributed by atoms with van der Waals surface area (Å²) in [5, 5.41) is 9.90. The first-order valence-electron chi connectivity index (χ1n) is 39.3. The monoisotopic (exact) mass is 1440 g/mol. The van der Waals surface area contributed by atoms with Crippen molar-refractivity contribution in [1.82, 2.24) is 18.3 Å². The molecule has 0 N–H and O–H groups in total. The Hall–Kier alpha value is -14.4. The fraction of sp³-hybridized carbons (Fsp3) is 0.0377. The number of benzene rings is 17. The number of aromatic nitrogens is 4. The molecule has 21 aromatic rings. The Balaban J connectivity index is 0.757. The van der Waals surface area contributed by atoms with Crippen LogP contribution in [0.5, 0.6) is 0 Å². The molecular weight excluding hydrogens is 1370 g/mol. The molecule has 0 unspecified atom stereocenters. The molecule has 0 saturated heterocycles. The van der Waals surface area contributed by atoms with E-state index >= 15 is 0 Å². The molecule has 530 valence electrons. The lowest BCUT2D eigenvalue weighted by molar-refractivity contribution is 0.590. The highest BCUT2D eigenvalue weighted by atomic mass is 15.2. The largest absolute Gasteiger partial charge is 0.311 e. The minimum absolute atomic E-state index is 0.208. The van der Waals surface area contributed by atoms with Crippen molar-refractivity contribution in [3.05, 3.63) is 394 Å². The minimum atomic E-state index is -0.308. The van der Waals surface area contributed by atoms with Gasteiger partial charge in [0.1, 0.15) is 0 Å². The van der Waals surface area contributed by atoms with E-state index in [0.29, 0.717) is 0 Å². The molecule has 0 saturated carbocycles. The highest BCUT2D eigenvalue weighted by molar-refractivity contribution is 7.00. The summed E-state index contributed by atoms with van der Waals surface area (Å²) in [7, 11) is 0. The third-order valence-electron chi connectivity index (χ3n) is 24.3. The predicted octanol–water partition coefficient (Wildman–Crippen LogP) is 26.1. The Bertz CT molecular complexity index is 6890. The fourth-order valence-electron chi connectivity index (χ4n) is 19.2. The average molecular weight is 1440 g/mol. The molecule has 0 atom stereocenters. The van der Waals surface area contributed by atoms with Gasteiger partial charge < -0.3 is 28.1 Å². The predicted molar refractivity (Wildman–Crippen MR) is 478 cm³/mol. The van der Waals surface area contributed by atoms with Gasteiger partial charge in [-0.05, 0) is 194 Å². The van der Waals surface area contributed by atoms with Crippen LogP contribution < -0.4 is 26.2 Å². The van der Waals surface area contributed by atoms with Gasteiger partial charge in [-0.2, -0.15) is 0 Å². The quantitative estimate of drug-likeness (QED) is 0.128. The molecule has 0 bridgehead atoms. The Morgan fingerprint density at radius 3 is 0.788 bits per heavy atom. The molecule has 0 radical (unpaired) electrons. The molecule has 17 aromatic carbocycles. The first kappa shape index (κ1) is 64.6. The topological polar surface area (TPSA) is 26.2 Å². The normalized spacial score (nSPS) is 12.7. The molecule has 0 amide bonds. The number of fused-ring (bicyclic) bond motifs is 16. The van der Waals surface area contributed by atoms with Gasteiger partial charge in [0.25, 0.3) is 6.71 Å². The third kappa shape index (κ3) is 9.94. The van der Waals surface area contributed by atoms with Gasteiger partial charge in [0.05, 0.1) is 55.5 Å². The second-order valence-corrected chi connectivity index (χ2v) is 31.5. The van der Waals surface area contributed by atoms with Gasteiger partial charge in [-0.15, -0.1) is 0 Å². The Kier molecular flexibility index (Phi) is 14.3. The number of anilines is 6. The third-order valence-corrected chi connectivity index (χ3v) is 24.3. The Morgan fingerprint density at radius 1 is 0.204 bits per heavy atom. The molecule has 0 spiro atoms. The van der Waals surface area contributed by atoms with Crippen LogP contribution in [0.25, 0.3) is 154 Å². The van der Waals surface area contributed by atoms with Crippen molar-refractivity contribution in [3.63, 3.8) is 0 Å². The van der Waals surface area contributed by atoms with Crippen LogP contribution in [-0.4, -0.2) is 25.0 Å². The summed E-state index contributed by atoms with van der Waals surface area (Å²) in [6, 6.07) is 146. The molecule has 2 aliphatic heterocycles. The van der Waals surface area contributed by atoms with E-state index in [1.807, 2.05) is 0 Å². The summed E-state index contributed by atoms with van der Waals surface area (Å²) in [5.41, 5.74) is 34.4. The summed E-state index contributed by atoms with van der Waals surface area (Å²) < 4.78 is 9.82. The maximum Gasteiger partial charge on any atom is 0.252 e. The molecule has 113 heavy (non-hydrogen) atoms. The highest BCUT2D eigenvalue weighted by Crippen LogP contribution is 2.52. The van der Waals surface area contributed by atoms with Gasteiger partial charge in [-0.3, -0.25) is 0 Å². The summed E-state index contributed by atoms with van der Waals surface area (Å²) >= 11 is 0. The Labute approximate surface area is 655 Å². The lowest BCUT2D eigenvalue weighted by atomic mass is 9.33. The molecule has 7 heteroatoms. The van der Waals surface area contributed by atoms with Gasteiger partial charge in [0.15, 0.2) is 0 Å². The average Bonchev–Trinajstić information content (AvgIpc) is 1.33. The van der Waals surface area contributed by atoms with Crippen LogP contribution in [0.15, 0.2) is 388 Å². The van der Waals surface area contributed by atoms with Crippen molar-refractivity contribution in [3.8, 4) is 67.3 Å². The standard InChI is InChI=1S/C106H73BN6/c1-106(2,3)74-64-103-105-104(65-74)113(92-47-15-5-37-80(92)73-33-25-29-69(61-73)71-31-27-35-76(63-71)109-95-50-18-8-40-83(95)84-41-9-19-51-96(84)109)102-67-78(111-99-54-22-12-44-87(99)88-45-13-23-55-100(88)111)57-59-90(102)107(105)89-58-56-77(110-97-52-20-10-42-85(97)86-43-11-21-53-98(86)110)66-101(89)112(103)91-46-14-4-36-79(91)72-32-24-28-68(60-72)70-30-26-34-75(62-70)108-93-48-16-6-38-81(93)82-39-7-17-49-94(82)108/h4-67H,1-3H3. The number of hydrogen-bond donors (Lipinski definition) is 0. The molecule has 4 aromatic heterocycles. The molecule has 2 aliphatic rings. The van der Waals surface area contributed by atoms with Crippen LogP contribution >= 0.6 is 0 Å². The second-order valence-electron chi connectivity index (χ2n) is 31.5. The molecular formula is C106H73BN6. The maximum atomic E-state index is 2.65. The SMILES string of the molecule is CC(C)(C)c1cc2c3c(c1)N(c1ccccc1-c1cccc(-c4cccc(-n5c6ccccc6c6ccccc65)c4)c1)c1cc(-n4c5ccccc5c5ccccc54)ccc1B3c1ccc(-n3c4ccccc4c4ccccc43)cc1N2c1ccccc1-c1cccc(-c2cccc(-n3c4ccccc4c4ccccc43)c2)c1. The van der Waals surface area contributed by atoms with Crippen LogP contribution in [0.2, 0.25) is 0 Å². The van der Waals surface area contributed by atoms with E-state index in [9.17, 15) is 0 Å². The summed E-state index contributed by atoms with van der Waals surface area (Å²) in [6.07, 6.45) is 0. The van der Waals surface area contributed by atoms with Crippen molar-refractivity contribution in [2.45, 2.75) is 26.2 Å². The number of rotatable bonds is 10. The van der Waals surface area contributed by atoms with Crippen LogP contribution in [0, 0.1) is 0 Å². The number of nitrogens with zero attached hydrogens (tertiary/aromatic N) is 6. The van der Waals surface area contributed by atoms with E-state index in [-0.39, 0.29) is 12.1 Å². The zero-order valence-corrected chi connectivity index (χ0v) is 62.7. The summed E-state index contributed by atoms with van der Waals surface area (Å²) in [5.74, 6) is 0. The Morgan fingerprint density at radius 2 is 0.469 bits per heavy atom. The molecule has 0 fully saturated rings. The van der Waals surface area contributed by atoms with Crippen molar-refractivity contribution < 1.29 is 0 Å². The van der Waals surface area contributed by atoms with Crippen molar-refractivity contribution >= 4 is 144 Å². The molecule has 0 aliphatic carbocycles. The minimum Gasteiger partial charge on any atom is -0.311 e. The van der Waals surface area contributed by atoms with Gasteiger partial charge in [-0.25, -0.2) is 0 Å². The summed E-state index contributed by atoms with van der Waals surface area (Å²) in [6.45, 7) is 6.94. The smallest absolute Gasteiger partial charge is 0.252 e. The number of hydrogen-bond acceptors (Lipinski definition) is 2. The lowest BCUT2D eigenvalue weighted by Crippen LogP contribution is -2.61. The van der Waals surface area contributed by atoms with Crippen LogP contribution in [0.4, 0.5) is 34.1 Å². The molecule has 23 rings (SSSR count). The lowest BCUT2D eigenvalue weighted by Gasteiger charge is -2.46. The van der Waals surface area contributed by atoms with Gasteiger partial charge in [-0.1, -0.05) is 276 Å². The fourth-order valence-corrected chi connectivity index (χ4v) is 19.2. The number of para-hydroxylation sites is 10. The van der Waals surface area contributed by atoms with Crippen molar-refractivity contribution in [2.75, 3.05) is 9.80 Å². The van der Waals surface area contributed by atoms with Gasteiger partial charge >= 0.3 is 0 Å². The zero-order chi connectivity index (χ0) is 74.7. The van der Waals surface area contributed by atoms with Gasteiger partial charge in [0, 0.05) is 99.7 Å². The highest BCUT2D eigenvalue weighted by Gasteiger charge is 2.45. The van der Waals surface area contributed by atoms with E-state index < -0.39 is 0 Å². The van der Waals surface area contributed by atoms with Crippen LogP contribution in [-0.2, 0) is 5.41 Å². The van der Waals surface area contributed by atoms with E-state index in [4.69, 9.17) is 0 Å². The maximum absolute atomic E-state index is 2.65. The van der Waals surface area contributed by atoms with E-state index in [1.54, 1.807) is 0 Å². The van der Waals surface area contributed by atoms with E-state index in [0.717, 1.165) is 101 Å². The van der Waals surface area contributed by atoms with Crippen LogP contribution in [0.1, 0.15) is 26.3 Å². The molecule has 6 heterocycles. The van der Waals surface area contributed by atoms with Crippen molar-refractivity contribution in [2.24, 2.45) is 0 Å². The second kappa shape index (κ2) is 25.1. The van der Waals surface area contributed by atoms with Gasteiger partial charge in [0.2, 0.25) is 0 Å². The van der Waals surface area contributed by atoms with E-state index in [1.165, 1.54) is 109 Å².